The number of nitrogens with one attached hydrogen (secondary N) is 4. The van der Waals surface area contributed by atoms with Crippen molar-refractivity contribution in [2.24, 2.45) is 0 Å². The summed E-state index contributed by atoms with van der Waals surface area (Å²) >= 11 is 0. The van der Waals surface area contributed by atoms with Gasteiger partial charge >= 0.3 is 6.03 Å². The number of furan rings is 1. The predicted molar refractivity (Wildman–Crippen MR) is 119 cm³/mol. The lowest BCUT2D eigenvalue weighted by molar-refractivity contribution is 0.102. The van der Waals surface area contributed by atoms with E-state index in [9.17, 15) is 14.0 Å². The molecule has 0 radical (unpaired) electrons. The number of halogens is 1. The fourth-order valence-electron chi connectivity index (χ4n) is 3.24. The third-order valence-corrected chi connectivity index (χ3v) is 4.86. The van der Waals surface area contributed by atoms with Crippen molar-refractivity contribution in [2.75, 3.05) is 10.6 Å². The van der Waals surface area contributed by atoms with E-state index in [-0.39, 0.29) is 16.9 Å². The highest BCUT2D eigenvalue weighted by Gasteiger charge is 2.21. The lowest BCUT2D eigenvalue weighted by Gasteiger charge is -2.17. The van der Waals surface area contributed by atoms with Crippen LogP contribution in [0.5, 0.6) is 0 Å². The van der Waals surface area contributed by atoms with Crippen LogP contribution >= 0.6 is 0 Å². The van der Waals surface area contributed by atoms with Crippen molar-refractivity contribution in [3.8, 4) is 0 Å². The quantitative estimate of drug-likeness (QED) is 0.350. The second kappa shape index (κ2) is 9.35. The molecular formula is C23H21FN6O3. The standard InChI is InChI=1S/C23H21FN6O3/c1-13-17(10-11-33-13)22(31)27-19-12-16(8-9-18(19)24)26-23(32)28-20(15-6-4-3-5-7-15)21-25-14(2)29-30-21/h3-12,20H,1-2H3,(H,27,31)(H,25,29,30)(H2,26,28,32). The second-order valence-electron chi connectivity index (χ2n) is 7.26. The molecule has 0 aliphatic carbocycles. The van der Waals surface area contributed by atoms with Crippen LogP contribution in [-0.2, 0) is 0 Å². The van der Waals surface area contributed by atoms with Gasteiger partial charge in [0.05, 0.1) is 17.5 Å². The van der Waals surface area contributed by atoms with E-state index in [1.165, 1.54) is 24.5 Å². The number of urea groups is 1. The summed E-state index contributed by atoms with van der Waals surface area (Å²) in [5.41, 5.74) is 1.28. The SMILES string of the molecule is Cc1nc(C(NC(=O)Nc2ccc(F)c(NC(=O)c3ccoc3C)c2)c2ccccc2)n[nH]1. The Morgan fingerprint density at radius 3 is 2.52 bits per heavy atom. The van der Waals surface area contributed by atoms with Gasteiger partial charge in [-0.1, -0.05) is 30.3 Å². The number of nitrogens with zero attached hydrogens (tertiary/aromatic N) is 2. The summed E-state index contributed by atoms with van der Waals surface area (Å²) in [4.78, 5) is 29.5. The number of carbonyl (C=O) groups is 2. The second-order valence-corrected chi connectivity index (χ2v) is 7.26. The Kier molecular flexibility index (Phi) is 6.16. The summed E-state index contributed by atoms with van der Waals surface area (Å²) in [6.45, 7) is 3.39. The molecule has 4 rings (SSSR count). The zero-order valence-electron chi connectivity index (χ0n) is 17.8. The van der Waals surface area contributed by atoms with E-state index < -0.39 is 23.8 Å². The fourth-order valence-corrected chi connectivity index (χ4v) is 3.24. The number of H-pyrrole nitrogens is 1. The Labute approximate surface area is 188 Å². The van der Waals surface area contributed by atoms with Gasteiger partial charge in [0.15, 0.2) is 5.82 Å². The van der Waals surface area contributed by atoms with Gasteiger partial charge in [0.25, 0.3) is 5.91 Å². The first-order chi connectivity index (χ1) is 15.9. The average Bonchev–Trinajstić information content (AvgIpc) is 3.43. The molecule has 2 heterocycles. The molecule has 3 amide bonds. The summed E-state index contributed by atoms with van der Waals surface area (Å²) in [5.74, 6) is 0.256. The van der Waals surface area contributed by atoms with E-state index in [0.29, 0.717) is 17.4 Å². The molecule has 0 spiro atoms. The topological polar surface area (TPSA) is 125 Å². The predicted octanol–water partition coefficient (Wildman–Crippen LogP) is 4.32. The summed E-state index contributed by atoms with van der Waals surface area (Å²) < 4.78 is 19.4. The van der Waals surface area contributed by atoms with Crippen molar-refractivity contribution in [1.82, 2.24) is 20.5 Å². The maximum Gasteiger partial charge on any atom is 0.320 e. The Bertz CT molecular complexity index is 1280. The highest BCUT2D eigenvalue weighted by atomic mass is 19.1. The van der Waals surface area contributed by atoms with Crippen LogP contribution in [0.25, 0.3) is 0 Å². The lowest BCUT2D eigenvalue weighted by atomic mass is 10.1. The van der Waals surface area contributed by atoms with Gasteiger partial charge in [-0.3, -0.25) is 9.89 Å². The Hall–Kier alpha value is -4.47. The average molecular weight is 448 g/mol. The molecule has 33 heavy (non-hydrogen) atoms. The number of hydrogen-bond acceptors (Lipinski definition) is 5. The Balaban J connectivity index is 1.50. The van der Waals surface area contributed by atoms with E-state index in [0.717, 1.165) is 11.6 Å². The highest BCUT2D eigenvalue weighted by molar-refractivity contribution is 6.05. The van der Waals surface area contributed by atoms with Crippen LogP contribution in [0, 0.1) is 19.7 Å². The molecule has 0 saturated carbocycles. The van der Waals surface area contributed by atoms with Gasteiger partial charge in [-0.25, -0.2) is 14.2 Å². The van der Waals surface area contributed by atoms with Crippen molar-refractivity contribution < 1.29 is 18.4 Å². The number of amides is 3. The summed E-state index contributed by atoms with van der Waals surface area (Å²) in [5, 5.41) is 14.9. The fraction of sp³-hybridized carbons (Fsp3) is 0.130. The van der Waals surface area contributed by atoms with Crippen molar-refractivity contribution in [3.63, 3.8) is 0 Å². The van der Waals surface area contributed by atoms with Crippen molar-refractivity contribution >= 4 is 23.3 Å². The lowest BCUT2D eigenvalue weighted by Crippen LogP contribution is -2.33. The van der Waals surface area contributed by atoms with Gasteiger partial charge in [0, 0.05) is 5.69 Å². The molecule has 9 nitrogen and oxygen atoms in total. The van der Waals surface area contributed by atoms with E-state index in [1.807, 2.05) is 30.3 Å². The first-order valence-electron chi connectivity index (χ1n) is 10.1. The smallest absolute Gasteiger partial charge is 0.320 e. The van der Waals surface area contributed by atoms with Gasteiger partial charge in [-0.05, 0) is 43.7 Å². The number of carbonyl (C=O) groups excluding carboxylic acids is 2. The molecule has 1 atom stereocenters. The van der Waals surface area contributed by atoms with Crippen LogP contribution in [0.15, 0.2) is 65.3 Å². The maximum atomic E-state index is 14.3. The molecule has 2 aromatic carbocycles. The molecule has 0 aliphatic rings. The normalized spacial score (nSPS) is 11.6. The molecular weight excluding hydrogens is 427 g/mol. The van der Waals surface area contributed by atoms with Crippen LogP contribution in [0.3, 0.4) is 0 Å². The van der Waals surface area contributed by atoms with Gasteiger partial charge in [0.2, 0.25) is 0 Å². The van der Waals surface area contributed by atoms with Gasteiger partial charge < -0.3 is 20.4 Å². The molecule has 4 N–H and O–H groups in total. The summed E-state index contributed by atoms with van der Waals surface area (Å²) in [6, 6.07) is 13.5. The van der Waals surface area contributed by atoms with Crippen molar-refractivity contribution in [3.05, 3.63) is 95.2 Å². The van der Waals surface area contributed by atoms with Crippen LogP contribution in [0.1, 0.15) is 39.4 Å². The van der Waals surface area contributed by atoms with E-state index in [4.69, 9.17) is 4.42 Å². The van der Waals surface area contributed by atoms with Crippen LogP contribution in [0.2, 0.25) is 0 Å². The zero-order chi connectivity index (χ0) is 23.4. The van der Waals surface area contributed by atoms with E-state index >= 15 is 0 Å². The van der Waals surface area contributed by atoms with Gasteiger partial charge in [-0.15, -0.1) is 0 Å². The molecule has 0 fully saturated rings. The van der Waals surface area contributed by atoms with E-state index in [2.05, 4.69) is 31.1 Å². The number of aromatic amines is 1. The number of anilines is 2. The van der Waals surface area contributed by atoms with Crippen LogP contribution in [0.4, 0.5) is 20.6 Å². The zero-order valence-corrected chi connectivity index (χ0v) is 17.8. The Morgan fingerprint density at radius 1 is 1.06 bits per heavy atom. The van der Waals surface area contributed by atoms with Crippen molar-refractivity contribution in [2.45, 2.75) is 19.9 Å². The maximum absolute atomic E-state index is 14.3. The molecule has 1 unspecified atom stereocenters. The van der Waals surface area contributed by atoms with Crippen LogP contribution in [-0.4, -0.2) is 27.1 Å². The van der Waals surface area contributed by atoms with Gasteiger partial charge in [-0.2, -0.15) is 5.10 Å². The minimum atomic E-state index is -0.645. The molecule has 168 valence electrons. The summed E-state index contributed by atoms with van der Waals surface area (Å²) in [6.07, 6.45) is 1.38. The number of hydrogen-bond donors (Lipinski definition) is 4. The first kappa shape index (κ1) is 21.8. The number of rotatable bonds is 6. The summed E-state index contributed by atoms with van der Waals surface area (Å²) in [7, 11) is 0. The number of aryl methyl sites for hydroxylation is 2. The molecule has 10 heteroatoms. The number of benzene rings is 2. The molecule has 0 saturated heterocycles. The number of aromatic nitrogens is 3. The Morgan fingerprint density at radius 2 is 1.85 bits per heavy atom. The van der Waals surface area contributed by atoms with Crippen molar-refractivity contribution in [1.29, 1.82) is 0 Å². The van der Waals surface area contributed by atoms with Crippen LogP contribution < -0.4 is 16.0 Å². The molecule has 2 aromatic heterocycles. The molecule has 4 aromatic rings. The third kappa shape index (κ3) is 5.06. The first-order valence-corrected chi connectivity index (χ1v) is 10.1. The highest BCUT2D eigenvalue weighted by Crippen LogP contribution is 2.23. The third-order valence-electron chi connectivity index (χ3n) is 4.86. The van der Waals surface area contributed by atoms with E-state index in [1.54, 1.807) is 13.8 Å². The minimum absolute atomic E-state index is 0.0809. The largest absolute Gasteiger partial charge is 0.469 e. The minimum Gasteiger partial charge on any atom is -0.469 e. The molecule has 0 bridgehead atoms. The monoisotopic (exact) mass is 448 g/mol. The molecule has 0 aliphatic heterocycles. The van der Waals surface area contributed by atoms with Gasteiger partial charge in [0.1, 0.15) is 23.4 Å².